The molecule has 0 saturated carbocycles. The summed E-state index contributed by atoms with van der Waals surface area (Å²) in [5.74, 6) is 6.65. The first kappa shape index (κ1) is 14.3. The molecule has 0 radical (unpaired) electrons. The van der Waals surface area contributed by atoms with Crippen LogP contribution in [0.2, 0.25) is 0 Å². The third kappa shape index (κ3) is 2.48. The predicted octanol–water partition coefficient (Wildman–Crippen LogP) is 1.10. The number of nitrogens with one attached hydrogen (secondary N) is 1. The fraction of sp³-hybridized carbons (Fsp3) is 0.769. The van der Waals surface area contributed by atoms with Gasteiger partial charge in [0.05, 0.1) is 23.4 Å². The second kappa shape index (κ2) is 4.47. The van der Waals surface area contributed by atoms with Crippen LogP contribution in [0.15, 0.2) is 6.20 Å². The van der Waals surface area contributed by atoms with Crippen molar-refractivity contribution in [3.63, 3.8) is 0 Å². The van der Waals surface area contributed by atoms with Gasteiger partial charge in [-0.3, -0.25) is 16.0 Å². The van der Waals surface area contributed by atoms with E-state index in [0.717, 1.165) is 12.0 Å². The lowest BCUT2D eigenvalue weighted by atomic mass is 9.79. The lowest BCUT2D eigenvalue weighted by molar-refractivity contribution is -0.0778. The Hall–Kier alpha value is -1.11. The largest absolute Gasteiger partial charge is 0.384 e. The third-order valence-electron chi connectivity index (χ3n) is 4.08. The van der Waals surface area contributed by atoms with Crippen molar-refractivity contribution in [3.05, 3.63) is 11.8 Å². The number of hydrogen-bond donors (Lipinski definition) is 3. The van der Waals surface area contributed by atoms with Crippen LogP contribution in [0.5, 0.6) is 0 Å². The number of aryl methyl sites for hydroxylation is 1. The molecule has 1 aromatic heterocycles. The predicted molar refractivity (Wildman–Crippen MR) is 75.0 cm³/mol. The number of ether oxygens (including phenoxy) is 1. The zero-order valence-corrected chi connectivity index (χ0v) is 12.4. The van der Waals surface area contributed by atoms with Crippen molar-refractivity contribution in [1.29, 1.82) is 0 Å². The van der Waals surface area contributed by atoms with Gasteiger partial charge >= 0.3 is 0 Å². The van der Waals surface area contributed by atoms with E-state index in [2.05, 4.69) is 38.2 Å². The topological polar surface area (TPSA) is 91.1 Å². The molecule has 0 spiro atoms. The minimum atomic E-state index is -0.261. The number of aromatic nitrogens is 2. The molecule has 5 N–H and O–H groups in total. The fourth-order valence-electron chi connectivity index (χ4n) is 3.25. The maximum atomic E-state index is 6.14. The molecule has 0 aliphatic carbocycles. The number of nitrogens with zero attached hydrogens (tertiary/aromatic N) is 2. The summed E-state index contributed by atoms with van der Waals surface area (Å²) < 4.78 is 7.80. The Balaban J connectivity index is 2.35. The first-order valence-corrected chi connectivity index (χ1v) is 6.61. The highest BCUT2D eigenvalue weighted by atomic mass is 16.5. The Bertz CT molecular complexity index is 466. The summed E-state index contributed by atoms with van der Waals surface area (Å²) in [5, 5.41) is 4.20. The number of nitrogen functional groups attached to an aromatic ring is 1. The molecular formula is C13H25N5O. The molecule has 6 heteroatoms. The molecule has 6 nitrogen and oxygen atoms in total. The highest BCUT2D eigenvalue weighted by molar-refractivity contribution is 5.41. The zero-order valence-electron chi connectivity index (χ0n) is 12.4. The van der Waals surface area contributed by atoms with Crippen molar-refractivity contribution in [2.75, 3.05) is 5.73 Å². The maximum Gasteiger partial charge on any atom is 0.126 e. The van der Waals surface area contributed by atoms with Crippen LogP contribution in [-0.2, 0) is 11.8 Å². The summed E-state index contributed by atoms with van der Waals surface area (Å²) >= 11 is 0. The lowest BCUT2D eigenvalue weighted by Crippen LogP contribution is -2.41. The van der Waals surface area contributed by atoms with Crippen LogP contribution in [0.4, 0.5) is 5.82 Å². The van der Waals surface area contributed by atoms with Gasteiger partial charge in [0.2, 0.25) is 0 Å². The highest BCUT2D eigenvalue weighted by Crippen LogP contribution is 2.48. The van der Waals surface area contributed by atoms with E-state index < -0.39 is 0 Å². The van der Waals surface area contributed by atoms with Crippen molar-refractivity contribution >= 4 is 5.82 Å². The second-order valence-electron chi connectivity index (χ2n) is 6.53. The van der Waals surface area contributed by atoms with E-state index in [0.29, 0.717) is 5.82 Å². The van der Waals surface area contributed by atoms with E-state index >= 15 is 0 Å². The van der Waals surface area contributed by atoms with Crippen LogP contribution in [0.3, 0.4) is 0 Å². The van der Waals surface area contributed by atoms with Crippen LogP contribution < -0.4 is 17.0 Å². The molecule has 2 unspecified atom stereocenters. The number of rotatable bonds is 3. The molecule has 1 fully saturated rings. The first-order chi connectivity index (χ1) is 8.68. The van der Waals surface area contributed by atoms with Crippen LogP contribution in [-0.4, -0.2) is 21.0 Å². The molecule has 0 aromatic carbocycles. The van der Waals surface area contributed by atoms with Gasteiger partial charge in [-0.2, -0.15) is 5.10 Å². The summed E-state index contributed by atoms with van der Waals surface area (Å²) in [4.78, 5) is 0. The number of anilines is 1. The fourth-order valence-corrected chi connectivity index (χ4v) is 3.25. The summed E-state index contributed by atoms with van der Waals surface area (Å²) in [5.41, 5.74) is 9.48. The average Bonchev–Trinajstić information content (AvgIpc) is 2.69. The van der Waals surface area contributed by atoms with Crippen molar-refractivity contribution < 1.29 is 4.74 Å². The summed E-state index contributed by atoms with van der Waals surface area (Å²) in [6.07, 6.45) is 2.70. The standard InChI is InChI=1S/C13H25N5O/c1-12(2)6-9(13(3,4)19-12)10(17-15)8-7-16-18(5)11(8)14/h7,9-10,17H,6,14-15H2,1-5H3. The Morgan fingerprint density at radius 2 is 2.11 bits per heavy atom. The van der Waals surface area contributed by atoms with Gasteiger partial charge in [-0.05, 0) is 34.1 Å². The number of hydrazine groups is 1. The second-order valence-corrected chi connectivity index (χ2v) is 6.53. The molecule has 2 rings (SSSR count). The van der Waals surface area contributed by atoms with Gasteiger partial charge < -0.3 is 10.5 Å². The van der Waals surface area contributed by atoms with Crippen LogP contribution in [0.1, 0.15) is 45.7 Å². The van der Waals surface area contributed by atoms with Crippen molar-refractivity contribution in [3.8, 4) is 0 Å². The van der Waals surface area contributed by atoms with Crippen LogP contribution >= 0.6 is 0 Å². The quantitative estimate of drug-likeness (QED) is 0.563. The van der Waals surface area contributed by atoms with Gasteiger partial charge in [0, 0.05) is 18.5 Å². The molecule has 1 aromatic rings. The molecule has 108 valence electrons. The Labute approximate surface area is 114 Å². The third-order valence-corrected chi connectivity index (χ3v) is 4.08. The molecule has 19 heavy (non-hydrogen) atoms. The van der Waals surface area contributed by atoms with Gasteiger partial charge in [-0.15, -0.1) is 0 Å². The van der Waals surface area contributed by atoms with E-state index in [-0.39, 0.29) is 23.2 Å². The van der Waals surface area contributed by atoms with Gasteiger partial charge in [-0.1, -0.05) is 0 Å². The van der Waals surface area contributed by atoms with Crippen LogP contribution in [0.25, 0.3) is 0 Å². The number of hydrogen-bond acceptors (Lipinski definition) is 5. The molecule has 1 aliphatic heterocycles. The first-order valence-electron chi connectivity index (χ1n) is 6.61. The monoisotopic (exact) mass is 267 g/mol. The Kier molecular flexibility index (Phi) is 3.36. The molecule has 1 saturated heterocycles. The van der Waals surface area contributed by atoms with Crippen molar-refractivity contribution in [1.82, 2.24) is 15.2 Å². The van der Waals surface area contributed by atoms with E-state index in [1.807, 2.05) is 7.05 Å². The van der Waals surface area contributed by atoms with Gasteiger partial charge in [0.1, 0.15) is 5.82 Å². The zero-order chi connectivity index (χ0) is 14.4. The Morgan fingerprint density at radius 3 is 2.47 bits per heavy atom. The van der Waals surface area contributed by atoms with Crippen LogP contribution in [0, 0.1) is 5.92 Å². The maximum absolute atomic E-state index is 6.14. The minimum absolute atomic E-state index is 0.0644. The average molecular weight is 267 g/mol. The lowest BCUT2D eigenvalue weighted by Gasteiger charge is -2.32. The summed E-state index contributed by atoms with van der Waals surface area (Å²) in [7, 11) is 1.83. The van der Waals surface area contributed by atoms with Crippen molar-refractivity contribution in [2.45, 2.75) is 51.4 Å². The molecule has 2 heterocycles. The minimum Gasteiger partial charge on any atom is -0.384 e. The smallest absolute Gasteiger partial charge is 0.126 e. The molecule has 2 atom stereocenters. The van der Waals surface area contributed by atoms with Gasteiger partial charge in [0.15, 0.2) is 0 Å². The SMILES string of the molecule is Cn1ncc(C(NN)C2CC(C)(C)OC2(C)C)c1N. The molecule has 0 amide bonds. The van der Waals surface area contributed by atoms with E-state index in [1.165, 1.54) is 0 Å². The van der Waals surface area contributed by atoms with Gasteiger partial charge in [0.25, 0.3) is 0 Å². The highest BCUT2D eigenvalue weighted by Gasteiger charge is 2.49. The van der Waals surface area contributed by atoms with E-state index in [4.69, 9.17) is 16.3 Å². The van der Waals surface area contributed by atoms with E-state index in [9.17, 15) is 0 Å². The molecule has 1 aliphatic rings. The molecule has 0 bridgehead atoms. The summed E-state index contributed by atoms with van der Waals surface area (Å²) in [6.45, 7) is 8.41. The van der Waals surface area contributed by atoms with Crippen molar-refractivity contribution in [2.24, 2.45) is 18.8 Å². The summed E-state index contributed by atoms with van der Waals surface area (Å²) in [6, 6.07) is -0.0644. The Morgan fingerprint density at radius 1 is 1.47 bits per heavy atom. The van der Waals surface area contributed by atoms with Gasteiger partial charge in [-0.25, -0.2) is 0 Å². The molecular weight excluding hydrogens is 242 g/mol. The number of nitrogens with two attached hydrogens (primary N) is 2. The van der Waals surface area contributed by atoms with E-state index in [1.54, 1.807) is 10.9 Å². The normalized spacial score (nSPS) is 26.5.